The zero-order valence-corrected chi connectivity index (χ0v) is 12.3. The van der Waals surface area contributed by atoms with Gasteiger partial charge >= 0.3 is 0 Å². The first-order valence-electron chi connectivity index (χ1n) is 6.37. The highest BCUT2D eigenvalue weighted by Gasteiger charge is 2.12. The van der Waals surface area contributed by atoms with Crippen LogP contribution in [0.5, 0.6) is 0 Å². The molecular formula is C14H20INO. The first-order chi connectivity index (χ1) is 8.34. The molecule has 1 aromatic rings. The summed E-state index contributed by atoms with van der Waals surface area (Å²) in [6.45, 7) is 4.02. The van der Waals surface area contributed by atoms with Crippen LogP contribution in [0.15, 0.2) is 24.3 Å². The van der Waals surface area contributed by atoms with Gasteiger partial charge < -0.3 is 10.1 Å². The van der Waals surface area contributed by atoms with E-state index in [1.165, 1.54) is 41.5 Å². The fraction of sp³-hybridized carbons (Fsp3) is 0.571. The van der Waals surface area contributed by atoms with E-state index in [0.717, 1.165) is 19.1 Å². The number of hydrogen-bond donors (Lipinski definition) is 1. The van der Waals surface area contributed by atoms with Crippen LogP contribution in [0, 0.1) is 9.49 Å². The minimum absolute atomic E-state index is 0.752. The molecule has 1 aliphatic rings. The zero-order valence-electron chi connectivity index (χ0n) is 10.1. The van der Waals surface area contributed by atoms with E-state index in [9.17, 15) is 0 Å². The normalized spacial score (nSPS) is 17.2. The van der Waals surface area contributed by atoms with Crippen molar-refractivity contribution in [1.82, 2.24) is 5.32 Å². The predicted octanol–water partition coefficient (Wildman–Crippen LogP) is 3.20. The highest BCUT2D eigenvalue weighted by molar-refractivity contribution is 14.1. The Bertz CT molecular complexity index is 319. The lowest BCUT2D eigenvalue weighted by molar-refractivity contribution is 0.103. The second-order valence-corrected chi connectivity index (χ2v) is 5.91. The number of rotatable bonds is 5. The monoisotopic (exact) mass is 345 g/mol. The van der Waals surface area contributed by atoms with Gasteiger partial charge in [0.15, 0.2) is 0 Å². The Labute approximate surface area is 117 Å². The average Bonchev–Trinajstić information content (AvgIpc) is 2.38. The highest BCUT2D eigenvalue weighted by Crippen LogP contribution is 2.16. The summed E-state index contributed by atoms with van der Waals surface area (Å²) in [6.07, 6.45) is 3.84. The predicted molar refractivity (Wildman–Crippen MR) is 79.0 cm³/mol. The van der Waals surface area contributed by atoms with Gasteiger partial charge in [0.05, 0.1) is 6.61 Å². The van der Waals surface area contributed by atoms with Gasteiger partial charge in [-0.3, -0.25) is 0 Å². The van der Waals surface area contributed by atoms with E-state index in [1.54, 1.807) is 0 Å². The fourth-order valence-corrected chi connectivity index (χ4v) is 2.55. The molecule has 1 aliphatic heterocycles. The van der Waals surface area contributed by atoms with Gasteiger partial charge in [0.1, 0.15) is 0 Å². The third-order valence-electron chi connectivity index (χ3n) is 3.31. The molecule has 0 unspecified atom stereocenters. The maximum Gasteiger partial charge on any atom is 0.0716 e. The van der Waals surface area contributed by atoms with Crippen molar-refractivity contribution in [2.75, 3.05) is 19.7 Å². The lowest BCUT2D eigenvalue weighted by Crippen LogP contribution is -2.28. The molecule has 17 heavy (non-hydrogen) atoms. The molecule has 2 nitrogen and oxygen atoms in total. The van der Waals surface area contributed by atoms with Crippen LogP contribution in [-0.4, -0.2) is 19.7 Å². The summed E-state index contributed by atoms with van der Waals surface area (Å²) in [5, 5.41) is 3.39. The van der Waals surface area contributed by atoms with Crippen LogP contribution < -0.4 is 5.32 Å². The van der Waals surface area contributed by atoms with Crippen molar-refractivity contribution in [1.29, 1.82) is 0 Å². The van der Waals surface area contributed by atoms with Crippen LogP contribution in [0.1, 0.15) is 24.8 Å². The minimum atomic E-state index is 0.752. The summed E-state index contributed by atoms with van der Waals surface area (Å²) in [6, 6.07) is 8.55. The Morgan fingerprint density at radius 3 is 2.59 bits per heavy atom. The molecule has 0 aromatic heterocycles. The topological polar surface area (TPSA) is 21.3 Å². The molecule has 1 heterocycles. The van der Waals surface area contributed by atoms with Gasteiger partial charge in [-0.25, -0.2) is 0 Å². The Balaban J connectivity index is 1.60. The Kier molecular flexibility index (Phi) is 5.74. The zero-order chi connectivity index (χ0) is 11.9. The molecular weight excluding hydrogens is 325 g/mol. The van der Waals surface area contributed by atoms with Crippen LogP contribution in [-0.2, 0) is 11.3 Å². The highest BCUT2D eigenvalue weighted by atomic mass is 127. The molecule has 0 bridgehead atoms. The first-order valence-corrected chi connectivity index (χ1v) is 7.45. The summed E-state index contributed by atoms with van der Waals surface area (Å²) < 4.78 is 7.02. The fourth-order valence-electron chi connectivity index (χ4n) is 2.19. The summed E-state index contributed by atoms with van der Waals surface area (Å²) >= 11 is 2.32. The summed E-state index contributed by atoms with van der Waals surface area (Å²) in [5.74, 6) is 0.868. The van der Waals surface area contributed by atoms with Gasteiger partial charge in [-0.15, -0.1) is 0 Å². The van der Waals surface area contributed by atoms with Gasteiger partial charge in [0.2, 0.25) is 0 Å². The smallest absolute Gasteiger partial charge is 0.0716 e. The van der Waals surface area contributed by atoms with Crippen molar-refractivity contribution in [3.63, 3.8) is 0 Å². The Hall–Kier alpha value is -0.130. The third-order valence-corrected chi connectivity index (χ3v) is 4.03. The molecule has 0 aliphatic carbocycles. The van der Waals surface area contributed by atoms with Crippen LogP contribution in [0.2, 0.25) is 0 Å². The van der Waals surface area contributed by atoms with Crippen LogP contribution in [0.4, 0.5) is 0 Å². The SMILES string of the molecule is Ic1ccc(COCCC2CCNCC2)cc1. The average molecular weight is 345 g/mol. The van der Waals surface area contributed by atoms with Crippen molar-refractivity contribution in [3.05, 3.63) is 33.4 Å². The van der Waals surface area contributed by atoms with Gasteiger partial charge in [-0.2, -0.15) is 0 Å². The van der Waals surface area contributed by atoms with Gasteiger partial charge in [-0.05, 0) is 78.6 Å². The molecule has 0 atom stereocenters. The van der Waals surface area contributed by atoms with Crippen LogP contribution >= 0.6 is 22.6 Å². The molecule has 1 saturated heterocycles. The van der Waals surface area contributed by atoms with Crippen molar-refractivity contribution >= 4 is 22.6 Å². The molecule has 1 aromatic carbocycles. The number of ether oxygens (including phenoxy) is 1. The van der Waals surface area contributed by atoms with E-state index < -0.39 is 0 Å². The molecule has 1 fully saturated rings. The van der Waals surface area contributed by atoms with E-state index >= 15 is 0 Å². The van der Waals surface area contributed by atoms with Gasteiger partial charge in [0, 0.05) is 10.2 Å². The molecule has 3 heteroatoms. The van der Waals surface area contributed by atoms with Gasteiger partial charge in [-0.1, -0.05) is 12.1 Å². The Morgan fingerprint density at radius 1 is 1.18 bits per heavy atom. The lowest BCUT2D eigenvalue weighted by atomic mass is 9.95. The van der Waals surface area contributed by atoms with Crippen molar-refractivity contribution in [2.24, 2.45) is 5.92 Å². The largest absolute Gasteiger partial charge is 0.377 e. The maximum absolute atomic E-state index is 5.74. The van der Waals surface area contributed by atoms with E-state index in [0.29, 0.717) is 0 Å². The molecule has 0 amide bonds. The maximum atomic E-state index is 5.74. The lowest BCUT2D eigenvalue weighted by Gasteiger charge is -2.22. The number of piperidine rings is 1. The first kappa shape index (κ1) is 13.3. The van der Waals surface area contributed by atoms with Crippen molar-refractivity contribution in [3.8, 4) is 0 Å². The van der Waals surface area contributed by atoms with E-state index in [1.807, 2.05) is 0 Å². The van der Waals surface area contributed by atoms with E-state index in [-0.39, 0.29) is 0 Å². The van der Waals surface area contributed by atoms with Gasteiger partial charge in [0.25, 0.3) is 0 Å². The minimum Gasteiger partial charge on any atom is -0.377 e. The molecule has 94 valence electrons. The standard InChI is InChI=1S/C14H20INO/c15-14-3-1-13(2-4-14)11-17-10-7-12-5-8-16-9-6-12/h1-4,12,16H,5-11H2. The summed E-state index contributed by atoms with van der Waals surface area (Å²) in [5.41, 5.74) is 1.27. The third kappa shape index (κ3) is 4.94. The Morgan fingerprint density at radius 2 is 1.88 bits per heavy atom. The van der Waals surface area contributed by atoms with E-state index in [2.05, 4.69) is 52.2 Å². The van der Waals surface area contributed by atoms with Crippen molar-refractivity contribution in [2.45, 2.75) is 25.9 Å². The number of hydrogen-bond acceptors (Lipinski definition) is 2. The summed E-state index contributed by atoms with van der Waals surface area (Å²) in [7, 11) is 0. The molecule has 0 spiro atoms. The molecule has 1 N–H and O–H groups in total. The molecule has 2 rings (SSSR count). The number of halogens is 1. The molecule has 0 radical (unpaired) electrons. The second kappa shape index (κ2) is 7.34. The summed E-state index contributed by atoms with van der Waals surface area (Å²) in [4.78, 5) is 0. The molecule has 0 saturated carbocycles. The van der Waals surface area contributed by atoms with E-state index in [4.69, 9.17) is 4.74 Å². The van der Waals surface area contributed by atoms with Crippen molar-refractivity contribution < 1.29 is 4.74 Å². The quantitative estimate of drug-likeness (QED) is 0.654. The number of benzene rings is 1. The number of nitrogens with one attached hydrogen (secondary N) is 1. The van der Waals surface area contributed by atoms with Crippen LogP contribution in [0.3, 0.4) is 0 Å². The van der Waals surface area contributed by atoms with Crippen LogP contribution in [0.25, 0.3) is 0 Å². The second-order valence-electron chi connectivity index (χ2n) is 4.66.